The Morgan fingerprint density at radius 1 is 1.45 bits per heavy atom. The highest BCUT2D eigenvalue weighted by Gasteiger charge is 2.06. The Kier molecular flexibility index (Phi) is 11.0. The summed E-state index contributed by atoms with van der Waals surface area (Å²) >= 11 is 0. The SMILES string of the molecule is Cn1cccc1C=O.NC1CCCCC1.NCC(N)C(=O)O. The quantitative estimate of drug-likeness (QED) is 0.599. The monoisotopic (exact) mass is 312 g/mol. The number of hydrogen-bond acceptors (Lipinski definition) is 5. The van der Waals surface area contributed by atoms with Crippen molar-refractivity contribution in [1.29, 1.82) is 0 Å². The number of nitrogens with two attached hydrogens (primary N) is 3. The zero-order valence-electron chi connectivity index (χ0n) is 13.1. The summed E-state index contributed by atoms with van der Waals surface area (Å²) in [6.45, 7) is -0.00463. The summed E-state index contributed by atoms with van der Waals surface area (Å²) in [5, 5.41) is 7.98. The minimum atomic E-state index is -1.05. The van der Waals surface area contributed by atoms with E-state index < -0.39 is 12.0 Å². The van der Waals surface area contributed by atoms with E-state index in [0.717, 1.165) is 6.29 Å². The molecule has 1 fully saturated rings. The maximum atomic E-state index is 10.1. The molecule has 0 aromatic carbocycles. The molecule has 1 atom stereocenters. The van der Waals surface area contributed by atoms with Crippen molar-refractivity contribution in [3.8, 4) is 0 Å². The van der Waals surface area contributed by atoms with Crippen molar-refractivity contribution in [3.05, 3.63) is 24.0 Å². The number of carbonyl (C=O) groups is 2. The number of rotatable bonds is 3. The fourth-order valence-corrected chi connectivity index (χ4v) is 1.83. The van der Waals surface area contributed by atoms with Crippen molar-refractivity contribution in [3.63, 3.8) is 0 Å². The molecule has 0 spiro atoms. The van der Waals surface area contributed by atoms with E-state index in [9.17, 15) is 9.59 Å². The number of carboxylic acids is 1. The number of aromatic nitrogens is 1. The third kappa shape index (κ3) is 9.28. The van der Waals surface area contributed by atoms with Gasteiger partial charge in [-0.2, -0.15) is 0 Å². The van der Waals surface area contributed by atoms with Crippen LogP contribution in [0.1, 0.15) is 42.6 Å². The molecule has 1 unspecified atom stereocenters. The Labute approximate surface area is 131 Å². The molecule has 1 aromatic heterocycles. The molecule has 1 heterocycles. The van der Waals surface area contributed by atoms with Crippen LogP contribution in [0.15, 0.2) is 18.3 Å². The normalized spacial score (nSPS) is 15.6. The van der Waals surface area contributed by atoms with Crippen LogP contribution in [0.4, 0.5) is 0 Å². The fraction of sp³-hybridized carbons (Fsp3) is 0.600. The second-order valence-corrected chi connectivity index (χ2v) is 5.24. The fourth-order valence-electron chi connectivity index (χ4n) is 1.83. The summed E-state index contributed by atoms with van der Waals surface area (Å²) < 4.78 is 1.77. The smallest absolute Gasteiger partial charge is 0.321 e. The Hall–Kier alpha value is -1.70. The molecule has 0 aliphatic heterocycles. The zero-order valence-corrected chi connectivity index (χ0v) is 13.1. The molecule has 1 aromatic rings. The molecule has 22 heavy (non-hydrogen) atoms. The van der Waals surface area contributed by atoms with Gasteiger partial charge in [0.25, 0.3) is 0 Å². The van der Waals surface area contributed by atoms with Gasteiger partial charge in [0, 0.05) is 25.8 Å². The van der Waals surface area contributed by atoms with Crippen LogP contribution in [0.3, 0.4) is 0 Å². The lowest BCUT2D eigenvalue weighted by Gasteiger charge is -2.15. The van der Waals surface area contributed by atoms with Crippen LogP contribution >= 0.6 is 0 Å². The summed E-state index contributed by atoms with van der Waals surface area (Å²) in [5.41, 5.74) is 16.1. The van der Waals surface area contributed by atoms with Crippen LogP contribution in [0, 0.1) is 0 Å². The standard InChI is InChI=1S/C6H7NO.C6H13N.C3H8N2O2/c1-7-4-2-3-6(7)5-8;7-6-4-2-1-3-5-6;4-1-2(5)3(6)7/h2-5H,1H3;6H,1-5,7H2;2H,1,4-5H2,(H,6,7). The lowest BCUT2D eigenvalue weighted by atomic mass is 9.97. The number of carboxylic acid groups (broad SMARTS) is 1. The molecule has 0 bridgehead atoms. The molecule has 7 nitrogen and oxygen atoms in total. The number of hydrogen-bond donors (Lipinski definition) is 4. The lowest BCUT2D eigenvalue weighted by Crippen LogP contribution is -2.37. The van der Waals surface area contributed by atoms with Crippen molar-refractivity contribution in [2.75, 3.05) is 6.54 Å². The maximum Gasteiger partial charge on any atom is 0.321 e. The van der Waals surface area contributed by atoms with Crippen LogP contribution in [0.2, 0.25) is 0 Å². The minimum absolute atomic E-state index is 0.00463. The van der Waals surface area contributed by atoms with Gasteiger partial charge in [0.1, 0.15) is 6.04 Å². The number of aryl methyl sites for hydroxylation is 1. The van der Waals surface area contributed by atoms with Gasteiger partial charge in [-0.1, -0.05) is 19.3 Å². The van der Waals surface area contributed by atoms with Gasteiger partial charge in [-0.15, -0.1) is 0 Å². The summed E-state index contributed by atoms with van der Waals surface area (Å²) in [4.78, 5) is 19.8. The van der Waals surface area contributed by atoms with Gasteiger partial charge in [-0.3, -0.25) is 9.59 Å². The Morgan fingerprint density at radius 3 is 2.23 bits per heavy atom. The predicted molar refractivity (Wildman–Crippen MR) is 86.5 cm³/mol. The average molecular weight is 312 g/mol. The Bertz CT molecular complexity index is 428. The van der Waals surface area contributed by atoms with E-state index in [2.05, 4.69) is 0 Å². The molecule has 0 radical (unpaired) electrons. The van der Waals surface area contributed by atoms with Crippen LogP contribution in [0.5, 0.6) is 0 Å². The first-order chi connectivity index (χ1) is 10.4. The first-order valence-electron chi connectivity index (χ1n) is 7.42. The van der Waals surface area contributed by atoms with E-state index in [4.69, 9.17) is 22.3 Å². The molecular weight excluding hydrogens is 284 g/mol. The van der Waals surface area contributed by atoms with Crippen molar-refractivity contribution >= 4 is 12.3 Å². The lowest BCUT2D eigenvalue weighted by molar-refractivity contribution is -0.138. The minimum Gasteiger partial charge on any atom is -0.480 e. The summed E-state index contributed by atoms with van der Waals surface area (Å²) in [6.07, 6.45) is 9.33. The molecular formula is C15H28N4O3. The van der Waals surface area contributed by atoms with E-state index in [-0.39, 0.29) is 6.54 Å². The zero-order chi connectivity index (χ0) is 17.0. The van der Waals surface area contributed by atoms with Crippen LogP contribution < -0.4 is 17.2 Å². The second-order valence-electron chi connectivity index (χ2n) is 5.24. The molecule has 126 valence electrons. The highest BCUT2D eigenvalue weighted by molar-refractivity contribution is 5.73. The van der Waals surface area contributed by atoms with Gasteiger partial charge in [0.2, 0.25) is 0 Å². The van der Waals surface area contributed by atoms with E-state index in [1.165, 1.54) is 32.1 Å². The van der Waals surface area contributed by atoms with Gasteiger partial charge in [0.05, 0.1) is 5.69 Å². The van der Waals surface area contributed by atoms with Crippen molar-refractivity contribution in [1.82, 2.24) is 4.57 Å². The summed E-state index contributed by atoms with van der Waals surface area (Å²) in [5.74, 6) is -1.05. The van der Waals surface area contributed by atoms with Gasteiger partial charge in [-0.25, -0.2) is 0 Å². The Balaban J connectivity index is 0.000000302. The van der Waals surface area contributed by atoms with Gasteiger partial charge in [0.15, 0.2) is 6.29 Å². The van der Waals surface area contributed by atoms with Gasteiger partial charge < -0.3 is 26.9 Å². The summed E-state index contributed by atoms with van der Waals surface area (Å²) in [7, 11) is 1.84. The molecule has 2 rings (SSSR count). The molecule has 1 saturated carbocycles. The number of nitrogens with zero attached hydrogens (tertiary/aromatic N) is 1. The average Bonchev–Trinajstić information content (AvgIpc) is 2.93. The highest BCUT2D eigenvalue weighted by Crippen LogP contribution is 2.14. The van der Waals surface area contributed by atoms with E-state index >= 15 is 0 Å². The summed E-state index contributed by atoms with van der Waals surface area (Å²) in [6, 6.07) is 3.24. The highest BCUT2D eigenvalue weighted by atomic mass is 16.4. The first-order valence-corrected chi connectivity index (χ1v) is 7.42. The number of aldehydes is 1. The van der Waals surface area contributed by atoms with E-state index in [1.807, 2.05) is 19.3 Å². The van der Waals surface area contributed by atoms with Crippen LogP contribution in [-0.2, 0) is 11.8 Å². The molecule has 7 heteroatoms. The maximum absolute atomic E-state index is 10.1. The molecule has 7 N–H and O–H groups in total. The topological polar surface area (TPSA) is 137 Å². The molecule has 1 aliphatic carbocycles. The van der Waals surface area contributed by atoms with Crippen molar-refractivity contribution < 1.29 is 14.7 Å². The third-order valence-corrected chi connectivity index (χ3v) is 3.33. The van der Waals surface area contributed by atoms with E-state index in [1.54, 1.807) is 10.6 Å². The Morgan fingerprint density at radius 2 is 2.05 bits per heavy atom. The van der Waals surface area contributed by atoms with E-state index in [0.29, 0.717) is 11.7 Å². The van der Waals surface area contributed by atoms with Gasteiger partial charge in [-0.05, 0) is 25.0 Å². The molecule has 1 aliphatic rings. The van der Waals surface area contributed by atoms with Crippen molar-refractivity contribution in [2.45, 2.75) is 44.2 Å². The second kappa shape index (κ2) is 11.9. The first kappa shape index (κ1) is 20.3. The molecule has 0 saturated heterocycles. The largest absolute Gasteiger partial charge is 0.480 e. The number of aliphatic carboxylic acids is 1. The van der Waals surface area contributed by atoms with Gasteiger partial charge >= 0.3 is 5.97 Å². The van der Waals surface area contributed by atoms with Crippen LogP contribution in [0.25, 0.3) is 0 Å². The number of carbonyl (C=O) groups excluding carboxylic acids is 1. The molecule has 0 amide bonds. The van der Waals surface area contributed by atoms with Crippen LogP contribution in [-0.4, -0.2) is 40.6 Å². The van der Waals surface area contributed by atoms with Crippen molar-refractivity contribution in [2.24, 2.45) is 24.2 Å². The third-order valence-electron chi connectivity index (χ3n) is 3.33. The predicted octanol–water partition coefficient (Wildman–Crippen LogP) is 0.472.